The van der Waals surface area contributed by atoms with E-state index >= 15 is 0 Å². The maximum atomic E-state index is 12.0. The number of anilines is 2. The van der Waals surface area contributed by atoms with Crippen LogP contribution in [0.1, 0.15) is 36.0 Å². The van der Waals surface area contributed by atoms with Crippen LogP contribution >= 0.6 is 22.7 Å². The number of nitrogens with one attached hydrogen (secondary N) is 1. The first-order valence-electron chi connectivity index (χ1n) is 11.5. The number of carboxylic acid groups (broad SMARTS) is 1. The summed E-state index contributed by atoms with van der Waals surface area (Å²) in [5.74, 6) is -0.0363. The predicted octanol–water partition coefficient (Wildman–Crippen LogP) is 6.99. The first kappa shape index (κ1) is 25.8. The molecule has 0 radical (unpaired) electrons. The molecule has 0 aliphatic carbocycles. The fourth-order valence-corrected chi connectivity index (χ4v) is 5.61. The standard InChI is InChI=1S/C27H29N3O4S2/c1-27(2,3)15-22-23(17-7-5-8-19(13-17)34-11-10-33-4)29-26(36-22)30-24-20(25(31)32)14-18(16-28-24)21-9-6-12-35-21/h5-9,12-14,16H,10-11,15H2,1-4H3,(H,31,32)(H,28,29,30). The van der Waals surface area contributed by atoms with Gasteiger partial charge in [0, 0.05) is 34.2 Å². The van der Waals surface area contributed by atoms with Crippen LogP contribution in [0.4, 0.5) is 10.9 Å². The molecule has 2 N–H and O–H groups in total. The molecule has 4 rings (SSSR count). The minimum absolute atomic E-state index is 0.0396. The molecule has 36 heavy (non-hydrogen) atoms. The summed E-state index contributed by atoms with van der Waals surface area (Å²) < 4.78 is 10.9. The number of benzene rings is 1. The second kappa shape index (κ2) is 11.2. The minimum Gasteiger partial charge on any atom is -0.491 e. The van der Waals surface area contributed by atoms with E-state index in [1.807, 2.05) is 41.8 Å². The van der Waals surface area contributed by atoms with E-state index in [9.17, 15) is 9.90 Å². The molecule has 4 aromatic rings. The molecule has 0 atom stereocenters. The lowest BCUT2D eigenvalue weighted by Crippen LogP contribution is -2.08. The van der Waals surface area contributed by atoms with Crippen molar-refractivity contribution in [2.75, 3.05) is 25.6 Å². The molecule has 7 nitrogen and oxygen atoms in total. The molecule has 0 fully saturated rings. The number of hydrogen-bond donors (Lipinski definition) is 2. The summed E-state index contributed by atoms with van der Waals surface area (Å²) >= 11 is 3.05. The van der Waals surface area contributed by atoms with Crippen molar-refractivity contribution >= 4 is 39.6 Å². The summed E-state index contributed by atoms with van der Waals surface area (Å²) in [6, 6.07) is 13.3. The van der Waals surface area contributed by atoms with Crippen LogP contribution in [0.25, 0.3) is 21.7 Å². The highest BCUT2D eigenvalue weighted by Crippen LogP contribution is 2.38. The van der Waals surface area contributed by atoms with E-state index in [0.29, 0.717) is 18.3 Å². The minimum atomic E-state index is -1.05. The first-order chi connectivity index (χ1) is 17.2. The quantitative estimate of drug-likeness (QED) is 0.216. The molecule has 9 heteroatoms. The zero-order chi connectivity index (χ0) is 25.7. The first-order valence-corrected chi connectivity index (χ1v) is 13.2. The lowest BCUT2D eigenvalue weighted by molar-refractivity contribution is 0.0697. The molecule has 0 aliphatic rings. The van der Waals surface area contributed by atoms with Crippen molar-refractivity contribution in [3.8, 4) is 27.4 Å². The topological polar surface area (TPSA) is 93.6 Å². The molecule has 0 aliphatic heterocycles. The SMILES string of the molecule is COCCOc1cccc(-c2nc(Nc3ncc(-c4cccs4)cc3C(=O)O)sc2CC(C)(C)C)c1. The molecule has 0 amide bonds. The van der Waals surface area contributed by atoms with Crippen molar-refractivity contribution in [1.29, 1.82) is 0 Å². The number of thiophene rings is 1. The molecule has 0 unspecified atom stereocenters. The van der Waals surface area contributed by atoms with Crippen LogP contribution in [-0.4, -0.2) is 41.4 Å². The molecule has 3 aromatic heterocycles. The number of pyridine rings is 1. The zero-order valence-corrected chi connectivity index (χ0v) is 22.3. The van der Waals surface area contributed by atoms with Crippen molar-refractivity contribution in [1.82, 2.24) is 9.97 Å². The molecule has 3 heterocycles. The fourth-order valence-electron chi connectivity index (χ4n) is 3.61. The molecule has 0 spiro atoms. The van der Waals surface area contributed by atoms with Gasteiger partial charge in [0.15, 0.2) is 5.13 Å². The lowest BCUT2D eigenvalue weighted by Gasteiger charge is -2.17. The third-order valence-electron chi connectivity index (χ3n) is 5.20. The second-order valence-electron chi connectivity index (χ2n) is 9.42. The Kier molecular flexibility index (Phi) is 8.03. The Morgan fingerprint density at radius 2 is 1.94 bits per heavy atom. The van der Waals surface area contributed by atoms with Gasteiger partial charge in [-0.05, 0) is 41.5 Å². The summed E-state index contributed by atoms with van der Waals surface area (Å²) in [4.78, 5) is 23.4. The number of carboxylic acids is 1. The van der Waals surface area contributed by atoms with Crippen LogP contribution in [-0.2, 0) is 11.2 Å². The van der Waals surface area contributed by atoms with Crippen LogP contribution < -0.4 is 10.1 Å². The van der Waals surface area contributed by atoms with E-state index < -0.39 is 5.97 Å². The van der Waals surface area contributed by atoms with Gasteiger partial charge in [0.2, 0.25) is 0 Å². The highest BCUT2D eigenvalue weighted by Gasteiger charge is 2.22. The van der Waals surface area contributed by atoms with Crippen LogP contribution in [0.3, 0.4) is 0 Å². The maximum Gasteiger partial charge on any atom is 0.339 e. The van der Waals surface area contributed by atoms with E-state index in [1.165, 1.54) is 11.3 Å². The molecule has 0 saturated carbocycles. The average molecular weight is 524 g/mol. The van der Waals surface area contributed by atoms with Crippen molar-refractivity contribution in [3.63, 3.8) is 0 Å². The third-order valence-corrected chi connectivity index (χ3v) is 7.09. The number of aromatic nitrogens is 2. The van der Waals surface area contributed by atoms with E-state index in [0.717, 1.165) is 38.7 Å². The predicted molar refractivity (Wildman–Crippen MR) is 146 cm³/mol. The normalized spacial score (nSPS) is 11.4. The Morgan fingerprint density at radius 3 is 2.64 bits per heavy atom. The Bertz CT molecular complexity index is 1330. The van der Waals surface area contributed by atoms with Gasteiger partial charge in [0.05, 0.1) is 12.3 Å². The van der Waals surface area contributed by atoms with Gasteiger partial charge < -0.3 is 19.9 Å². The number of nitrogens with zero attached hydrogens (tertiary/aromatic N) is 2. The number of ether oxygens (including phenoxy) is 2. The number of carbonyl (C=O) groups is 1. The monoisotopic (exact) mass is 523 g/mol. The van der Waals surface area contributed by atoms with Gasteiger partial charge in [0.25, 0.3) is 0 Å². The van der Waals surface area contributed by atoms with Crippen LogP contribution in [0, 0.1) is 5.41 Å². The van der Waals surface area contributed by atoms with Crippen LogP contribution in [0.5, 0.6) is 5.75 Å². The van der Waals surface area contributed by atoms with Gasteiger partial charge >= 0.3 is 5.97 Å². The number of hydrogen-bond acceptors (Lipinski definition) is 8. The maximum absolute atomic E-state index is 12.0. The lowest BCUT2D eigenvalue weighted by atomic mass is 9.90. The van der Waals surface area contributed by atoms with Crippen molar-refractivity contribution < 1.29 is 19.4 Å². The number of aromatic carboxylic acids is 1. The summed E-state index contributed by atoms with van der Waals surface area (Å²) in [6.07, 6.45) is 2.50. The highest BCUT2D eigenvalue weighted by atomic mass is 32.1. The number of rotatable bonds is 10. The molecular formula is C27H29N3O4S2. The van der Waals surface area contributed by atoms with Crippen molar-refractivity contribution in [3.05, 3.63) is 64.5 Å². The van der Waals surface area contributed by atoms with Crippen molar-refractivity contribution in [2.45, 2.75) is 27.2 Å². The molecule has 0 bridgehead atoms. The smallest absolute Gasteiger partial charge is 0.339 e. The number of thiazole rings is 1. The molecule has 188 valence electrons. The van der Waals surface area contributed by atoms with Crippen LogP contribution in [0.2, 0.25) is 0 Å². The van der Waals surface area contributed by atoms with Gasteiger partial charge in [-0.3, -0.25) is 0 Å². The zero-order valence-electron chi connectivity index (χ0n) is 20.7. The van der Waals surface area contributed by atoms with Gasteiger partial charge in [-0.25, -0.2) is 14.8 Å². The van der Waals surface area contributed by atoms with E-state index in [4.69, 9.17) is 14.5 Å². The third kappa shape index (κ3) is 6.48. The average Bonchev–Trinajstić information content (AvgIpc) is 3.49. The Hall–Kier alpha value is -3.27. The number of methoxy groups -OCH3 is 1. The highest BCUT2D eigenvalue weighted by molar-refractivity contribution is 7.16. The second-order valence-corrected chi connectivity index (χ2v) is 11.5. The van der Waals surface area contributed by atoms with Crippen LogP contribution in [0.15, 0.2) is 54.0 Å². The van der Waals surface area contributed by atoms with E-state index in [2.05, 4.69) is 31.1 Å². The Labute approximate surface area is 218 Å². The summed E-state index contributed by atoms with van der Waals surface area (Å²) in [5, 5.41) is 15.6. The largest absolute Gasteiger partial charge is 0.491 e. The van der Waals surface area contributed by atoms with Gasteiger partial charge in [-0.1, -0.05) is 39.0 Å². The van der Waals surface area contributed by atoms with E-state index in [1.54, 1.807) is 30.7 Å². The summed E-state index contributed by atoms with van der Waals surface area (Å²) in [7, 11) is 1.64. The molecular weight excluding hydrogens is 494 g/mol. The van der Waals surface area contributed by atoms with Gasteiger partial charge in [-0.15, -0.1) is 22.7 Å². The van der Waals surface area contributed by atoms with Gasteiger partial charge in [0.1, 0.15) is 23.7 Å². The fraction of sp³-hybridized carbons (Fsp3) is 0.296. The molecule has 0 saturated heterocycles. The van der Waals surface area contributed by atoms with E-state index in [-0.39, 0.29) is 16.8 Å². The summed E-state index contributed by atoms with van der Waals surface area (Å²) in [6.45, 7) is 7.52. The Balaban J connectivity index is 1.68. The van der Waals surface area contributed by atoms with Crippen molar-refractivity contribution in [2.24, 2.45) is 5.41 Å². The molecule has 1 aromatic carbocycles. The summed E-state index contributed by atoms with van der Waals surface area (Å²) in [5.41, 5.74) is 2.70. The Morgan fingerprint density at radius 1 is 1.11 bits per heavy atom. The van der Waals surface area contributed by atoms with Gasteiger partial charge in [-0.2, -0.15) is 0 Å².